The summed E-state index contributed by atoms with van der Waals surface area (Å²) >= 11 is 0. The van der Waals surface area contributed by atoms with Crippen molar-refractivity contribution in [2.75, 3.05) is 31.3 Å². The molecular weight excluding hydrogens is 200 g/mol. The summed E-state index contributed by atoms with van der Waals surface area (Å²) < 4.78 is 5.40. The smallest absolute Gasteiger partial charge is 0.0639 e. The summed E-state index contributed by atoms with van der Waals surface area (Å²) in [7, 11) is 3.82. The van der Waals surface area contributed by atoms with Crippen LogP contribution in [-0.2, 0) is 4.74 Å². The number of benzene rings is 1. The van der Waals surface area contributed by atoms with Crippen LogP contribution in [-0.4, -0.2) is 26.3 Å². The van der Waals surface area contributed by atoms with E-state index in [1.165, 1.54) is 0 Å². The zero-order chi connectivity index (χ0) is 12.2. The summed E-state index contributed by atoms with van der Waals surface area (Å²) in [6, 6.07) is 7.93. The minimum Gasteiger partial charge on any atom is -0.399 e. The van der Waals surface area contributed by atoms with Crippen LogP contribution < -0.4 is 10.6 Å². The Kier molecular flexibility index (Phi) is 4.19. The van der Waals surface area contributed by atoms with Gasteiger partial charge in [-0.1, -0.05) is 6.07 Å². The van der Waals surface area contributed by atoms with E-state index >= 15 is 0 Å². The summed E-state index contributed by atoms with van der Waals surface area (Å²) in [5, 5.41) is 0. The predicted molar refractivity (Wildman–Crippen MR) is 69.8 cm³/mol. The van der Waals surface area contributed by atoms with Crippen LogP contribution >= 0.6 is 0 Å². The molecule has 2 N–H and O–H groups in total. The van der Waals surface area contributed by atoms with E-state index in [2.05, 4.69) is 31.9 Å². The van der Waals surface area contributed by atoms with Crippen molar-refractivity contribution in [1.82, 2.24) is 0 Å². The Balaban J connectivity index is 2.56. The van der Waals surface area contributed by atoms with Gasteiger partial charge in [-0.2, -0.15) is 0 Å². The van der Waals surface area contributed by atoms with E-state index in [4.69, 9.17) is 10.5 Å². The molecule has 16 heavy (non-hydrogen) atoms. The molecule has 0 unspecified atom stereocenters. The van der Waals surface area contributed by atoms with Crippen LogP contribution in [0.3, 0.4) is 0 Å². The van der Waals surface area contributed by atoms with Gasteiger partial charge in [0.1, 0.15) is 0 Å². The number of hydrogen-bond acceptors (Lipinski definition) is 3. The molecule has 0 bridgehead atoms. The standard InChI is InChI=1S/C13H22N2O/c1-13(2,16-4)8-9-15(3)12-7-5-6-11(14)10-12/h5-7,10H,8-9,14H2,1-4H3. The monoisotopic (exact) mass is 222 g/mol. The molecule has 90 valence electrons. The van der Waals surface area contributed by atoms with Crippen molar-refractivity contribution in [2.24, 2.45) is 0 Å². The van der Waals surface area contributed by atoms with Gasteiger partial charge in [0.05, 0.1) is 5.60 Å². The number of nitrogens with zero attached hydrogens (tertiary/aromatic N) is 1. The van der Waals surface area contributed by atoms with Gasteiger partial charge in [-0.15, -0.1) is 0 Å². The molecule has 1 aromatic rings. The van der Waals surface area contributed by atoms with Crippen molar-refractivity contribution in [1.29, 1.82) is 0 Å². The fourth-order valence-electron chi connectivity index (χ4n) is 1.43. The number of anilines is 2. The fourth-order valence-corrected chi connectivity index (χ4v) is 1.43. The highest BCUT2D eigenvalue weighted by Crippen LogP contribution is 2.19. The molecule has 3 nitrogen and oxygen atoms in total. The molecular formula is C13H22N2O. The van der Waals surface area contributed by atoms with Crippen molar-refractivity contribution in [2.45, 2.75) is 25.9 Å². The number of ether oxygens (including phenoxy) is 1. The van der Waals surface area contributed by atoms with Crippen LogP contribution in [0.4, 0.5) is 11.4 Å². The summed E-state index contributed by atoms with van der Waals surface area (Å²) in [6.07, 6.45) is 0.981. The lowest BCUT2D eigenvalue weighted by molar-refractivity contribution is 0.0174. The first-order valence-corrected chi connectivity index (χ1v) is 5.56. The Morgan fingerprint density at radius 1 is 1.38 bits per heavy atom. The SMILES string of the molecule is COC(C)(C)CCN(C)c1cccc(N)c1. The Bertz CT molecular complexity index is 336. The number of rotatable bonds is 5. The maximum absolute atomic E-state index is 5.75. The second-order valence-corrected chi connectivity index (χ2v) is 4.73. The van der Waals surface area contributed by atoms with Gasteiger partial charge < -0.3 is 15.4 Å². The van der Waals surface area contributed by atoms with Crippen LogP contribution in [0, 0.1) is 0 Å². The van der Waals surface area contributed by atoms with Gasteiger partial charge in [0.25, 0.3) is 0 Å². The molecule has 0 aliphatic carbocycles. The van der Waals surface area contributed by atoms with Crippen LogP contribution in [0.2, 0.25) is 0 Å². The molecule has 0 aliphatic heterocycles. The van der Waals surface area contributed by atoms with E-state index in [-0.39, 0.29) is 5.60 Å². The Morgan fingerprint density at radius 2 is 2.06 bits per heavy atom. The molecule has 0 aliphatic rings. The summed E-state index contributed by atoms with van der Waals surface area (Å²) in [4.78, 5) is 2.19. The molecule has 0 spiro atoms. The molecule has 1 aromatic carbocycles. The quantitative estimate of drug-likeness (QED) is 0.778. The second-order valence-electron chi connectivity index (χ2n) is 4.73. The number of nitrogen functional groups attached to an aromatic ring is 1. The van der Waals surface area contributed by atoms with Gasteiger partial charge in [-0.25, -0.2) is 0 Å². The molecule has 3 heteroatoms. The predicted octanol–water partition coefficient (Wildman–Crippen LogP) is 2.52. The summed E-state index contributed by atoms with van der Waals surface area (Å²) in [5.74, 6) is 0. The average Bonchev–Trinajstić information content (AvgIpc) is 2.26. The van der Waals surface area contributed by atoms with Crippen LogP contribution in [0.1, 0.15) is 20.3 Å². The molecule has 0 amide bonds. The Labute approximate surface area is 98.2 Å². The average molecular weight is 222 g/mol. The minimum absolute atomic E-state index is 0.0748. The van der Waals surface area contributed by atoms with E-state index in [9.17, 15) is 0 Å². The minimum atomic E-state index is -0.0748. The molecule has 0 aromatic heterocycles. The second kappa shape index (κ2) is 5.21. The lowest BCUT2D eigenvalue weighted by Crippen LogP contribution is -2.30. The van der Waals surface area contributed by atoms with E-state index in [1.807, 2.05) is 18.2 Å². The highest BCUT2D eigenvalue weighted by Gasteiger charge is 2.16. The van der Waals surface area contributed by atoms with Gasteiger partial charge >= 0.3 is 0 Å². The Morgan fingerprint density at radius 3 is 2.62 bits per heavy atom. The van der Waals surface area contributed by atoms with Gasteiger partial charge in [-0.05, 0) is 38.5 Å². The van der Waals surface area contributed by atoms with E-state index < -0.39 is 0 Å². The third kappa shape index (κ3) is 3.74. The molecule has 0 fully saturated rings. The lowest BCUT2D eigenvalue weighted by atomic mass is 10.1. The highest BCUT2D eigenvalue weighted by molar-refractivity contribution is 5.55. The van der Waals surface area contributed by atoms with Crippen molar-refractivity contribution in [3.8, 4) is 0 Å². The van der Waals surface area contributed by atoms with Gasteiger partial charge in [-0.3, -0.25) is 0 Å². The van der Waals surface area contributed by atoms with Crippen molar-refractivity contribution < 1.29 is 4.74 Å². The molecule has 0 saturated carbocycles. The van der Waals surface area contributed by atoms with Crippen molar-refractivity contribution in [3.63, 3.8) is 0 Å². The van der Waals surface area contributed by atoms with Gasteiger partial charge in [0.2, 0.25) is 0 Å². The third-order valence-corrected chi connectivity index (χ3v) is 2.91. The largest absolute Gasteiger partial charge is 0.399 e. The first-order chi connectivity index (χ1) is 7.44. The molecule has 0 saturated heterocycles. The van der Waals surface area contributed by atoms with E-state index in [0.29, 0.717) is 0 Å². The summed E-state index contributed by atoms with van der Waals surface area (Å²) in [6.45, 7) is 5.14. The molecule has 0 heterocycles. The topological polar surface area (TPSA) is 38.5 Å². The Hall–Kier alpha value is -1.22. The molecule has 0 radical (unpaired) electrons. The number of hydrogen-bond donors (Lipinski definition) is 1. The number of methoxy groups -OCH3 is 1. The number of nitrogens with two attached hydrogens (primary N) is 1. The van der Waals surface area contributed by atoms with E-state index in [1.54, 1.807) is 7.11 Å². The van der Waals surface area contributed by atoms with Gasteiger partial charge in [0, 0.05) is 32.1 Å². The first kappa shape index (κ1) is 12.8. The van der Waals surface area contributed by atoms with E-state index in [0.717, 1.165) is 24.3 Å². The molecule has 0 atom stereocenters. The third-order valence-electron chi connectivity index (χ3n) is 2.91. The van der Waals surface area contributed by atoms with Gasteiger partial charge in [0.15, 0.2) is 0 Å². The zero-order valence-electron chi connectivity index (χ0n) is 10.7. The summed E-state index contributed by atoms with van der Waals surface area (Å²) in [5.41, 5.74) is 7.62. The van der Waals surface area contributed by atoms with Crippen LogP contribution in [0.5, 0.6) is 0 Å². The van der Waals surface area contributed by atoms with Crippen molar-refractivity contribution >= 4 is 11.4 Å². The maximum Gasteiger partial charge on any atom is 0.0639 e. The van der Waals surface area contributed by atoms with Crippen molar-refractivity contribution in [3.05, 3.63) is 24.3 Å². The van der Waals surface area contributed by atoms with Crippen LogP contribution in [0.15, 0.2) is 24.3 Å². The van der Waals surface area contributed by atoms with Crippen LogP contribution in [0.25, 0.3) is 0 Å². The maximum atomic E-state index is 5.75. The zero-order valence-corrected chi connectivity index (χ0v) is 10.7. The lowest BCUT2D eigenvalue weighted by Gasteiger charge is -2.27. The normalized spacial score (nSPS) is 11.5. The highest BCUT2D eigenvalue weighted by atomic mass is 16.5. The fraction of sp³-hybridized carbons (Fsp3) is 0.538. The molecule has 1 rings (SSSR count). The first-order valence-electron chi connectivity index (χ1n) is 5.56.